The van der Waals surface area contributed by atoms with Crippen molar-refractivity contribution in [3.8, 4) is 0 Å². The van der Waals surface area contributed by atoms with E-state index in [1.165, 1.54) is 25.7 Å². The van der Waals surface area contributed by atoms with Crippen molar-refractivity contribution >= 4 is 5.91 Å². The molecule has 3 fully saturated rings. The van der Waals surface area contributed by atoms with Crippen molar-refractivity contribution in [3.05, 3.63) is 0 Å². The predicted molar refractivity (Wildman–Crippen MR) is 66.5 cm³/mol. The molecule has 2 N–H and O–H groups in total. The van der Waals surface area contributed by atoms with Crippen molar-refractivity contribution < 1.29 is 4.79 Å². The van der Waals surface area contributed by atoms with Gasteiger partial charge in [-0.05, 0) is 38.5 Å². The summed E-state index contributed by atoms with van der Waals surface area (Å²) in [7, 11) is 1.96. The number of hydrogen-bond donors (Lipinski definition) is 1. The summed E-state index contributed by atoms with van der Waals surface area (Å²) in [5.41, 5.74) is 6.04. The lowest BCUT2D eigenvalue weighted by atomic mass is 9.98. The highest BCUT2D eigenvalue weighted by Gasteiger charge is 2.41. The van der Waals surface area contributed by atoms with Crippen LogP contribution in [0.2, 0.25) is 0 Å². The summed E-state index contributed by atoms with van der Waals surface area (Å²) in [5, 5.41) is 0. The van der Waals surface area contributed by atoms with Gasteiger partial charge in [-0.3, -0.25) is 9.69 Å². The third-order valence-corrected chi connectivity index (χ3v) is 4.73. The molecule has 0 radical (unpaired) electrons. The van der Waals surface area contributed by atoms with Gasteiger partial charge in [0.1, 0.15) is 0 Å². The molecule has 2 saturated heterocycles. The highest BCUT2D eigenvalue weighted by molar-refractivity contribution is 5.78. The first-order valence-corrected chi connectivity index (χ1v) is 6.92. The quantitative estimate of drug-likeness (QED) is 0.780. The summed E-state index contributed by atoms with van der Waals surface area (Å²) >= 11 is 0. The lowest BCUT2D eigenvalue weighted by Crippen LogP contribution is -2.51. The minimum atomic E-state index is 0.305. The molecule has 2 unspecified atom stereocenters. The normalized spacial score (nSPS) is 37.2. The zero-order chi connectivity index (χ0) is 12.0. The Bertz CT molecular complexity index is 302. The van der Waals surface area contributed by atoms with Crippen molar-refractivity contribution in [1.29, 1.82) is 0 Å². The molecular formula is C13H23N3O. The molecule has 4 heteroatoms. The minimum absolute atomic E-state index is 0.305. The molecule has 3 aliphatic rings. The zero-order valence-electron chi connectivity index (χ0n) is 10.6. The molecule has 96 valence electrons. The Balaban J connectivity index is 1.60. The first-order chi connectivity index (χ1) is 8.15. The SMILES string of the molecule is CN(C(=O)CN1C2CCC1CC(N)C2)C1CC1. The van der Waals surface area contributed by atoms with E-state index in [9.17, 15) is 4.79 Å². The Labute approximate surface area is 103 Å². The average Bonchev–Trinajstić information content (AvgIpc) is 3.08. The Morgan fingerprint density at radius 2 is 1.82 bits per heavy atom. The molecule has 17 heavy (non-hydrogen) atoms. The maximum Gasteiger partial charge on any atom is 0.236 e. The number of nitrogens with two attached hydrogens (primary N) is 1. The maximum absolute atomic E-state index is 12.1. The summed E-state index contributed by atoms with van der Waals surface area (Å²) in [6, 6.07) is 2.04. The summed E-state index contributed by atoms with van der Waals surface area (Å²) in [4.78, 5) is 16.5. The van der Waals surface area contributed by atoms with Crippen LogP contribution in [0.4, 0.5) is 0 Å². The van der Waals surface area contributed by atoms with Crippen molar-refractivity contribution in [2.45, 2.75) is 62.7 Å². The topological polar surface area (TPSA) is 49.6 Å². The van der Waals surface area contributed by atoms with Crippen molar-refractivity contribution in [2.75, 3.05) is 13.6 Å². The monoisotopic (exact) mass is 237 g/mol. The second-order valence-electron chi connectivity index (χ2n) is 6.02. The smallest absolute Gasteiger partial charge is 0.236 e. The Kier molecular flexibility index (Phi) is 2.87. The molecule has 0 aromatic carbocycles. The molecule has 0 aromatic heterocycles. The number of piperidine rings is 1. The summed E-state index contributed by atoms with van der Waals surface area (Å²) in [6.07, 6.45) is 7.02. The number of carbonyl (C=O) groups excluding carboxylic acids is 1. The van der Waals surface area contributed by atoms with E-state index in [-0.39, 0.29) is 0 Å². The predicted octanol–water partition coefficient (Wildman–Crippen LogP) is 0.561. The van der Waals surface area contributed by atoms with E-state index in [1.54, 1.807) is 0 Å². The average molecular weight is 237 g/mol. The van der Waals surface area contributed by atoms with E-state index in [4.69, 9.17) is 5.73 Å². The molecule has 0 aromatic rings. The van der Waals surface area contributed by atoms with Gasteiger partial charge >= 0.3 is 0 Å². The van der Waals surface area contributed by atoms with Gasteiger partial charge in [0.25, 0.3) is 0 Å². The Hall–Kier alpha value is -0.610. The summed E-state index contributed by atoms with van der Waals surface area (Å²) < 4.78 is 0. The number of fused-ring (bicyclic) bond motifs is 2. The van der Waals surface area contributed by atoms with Crippen LogP contribution < -0.4 is 5.73 Å². The first kappa shape index (κ1) is 11.5. The lowest BCUT2D eigenvalue weighted by molar-refractivity contribution is -0.132. The van der Waals surface area contributed by atoms with Crippen LogP contribution >= 0.6 is 0 Å². The van der Waals surface area contributed by atoms with E-state index in [1.807, 2.05) is 11.9 Å². The lowest BCUT2D eigenvalue weighted by Gasteiger charge is -2.37. The van der Waals surface area contributed by atoms with Crippen LogP contribution in [0.5, 0.6) is 0 Å². The molecule has 1 aliphatic carbocycles. The molecule has 3 rings (SSSR count). The van der Waals surface area contributed by atoms with Crippen LogP contribution in [-0.2, 0) is 4.79 Å². The minimum Gasteiger partial charge on any atom is -0.342 e. The number of nitrogens with zero attached hydrogens (tertiary/aromatic N) is 2. The van der Waals surface area contributed by atoms with Crippen molar-refractivity contribution in [1.82, 2.24) is 9.80 Å². The molecule has 1 amide bonds. The highest BCUT2D eigenvalue weighted by Crippen LogP contribution is 2.35. The number of hydrogen-bond acceptors (Lipinski definition) is 3. The van der Waals surface area contributed by atoms with Gasteiger partial charge in [0.15, 0.2) is 0 Å². The van der Waals surface area contributed by atoms with Gasteiger partial charge in [-0.25, -0.2) is 0 Å². The largest absolute Gasteiger partial charge is 0.342 e. The fraction of sp³-hybridized carbons (Fsp3) is 0.923. The number of likely N-dealkylation sites (N-methyl/N-ethyl adjacent to an activating group) is 1. The van der Waals surface area contributed by atoms with Gasteiger partial charge in [0, 0.05) is 31.2 Å². The molecule has 2 heterocycles. The first-order valence-electron chi connectivity index (χ1n) is 6.92. The second-order valence-corrected chi connectivity index (χ2v) is 6.02. The Morgan fingerprint density at radius 3 is 2.35 bits per heavy atom. The molecular weight excluding hydrogens is 214 g/mol. The standard InChI is InChI=1S/C13H23N3O/c1-15(10-2-3-10)13(17)8-16-11-4-5-12(16)7-9(14)6-11/h9-12H,2-8,14H2,1H3. The Morgan fingerprint density at radius 1 is 1.24 bits per heavy atom. The third-order valence-electron chi connectivity index (χ3n) is 4.73. The van der Waals surface area contributed by atoms with Crippen LogP contribution in [0.15, 0.2) is 0 Å². The fourth-order valence-corrected chi connectivity index (χ4v) is 3.51. The number of carbonyl (C=O) groups is 1. The summed E-state index contributed by atoms with van der Waals surface area (Å²) in [6.45, 7) is 0.620. The highest BCUT2D eigenvalue weighted by atomic mass is 16.2. The van der Waals surface area contributed by atoms with E-state index in [2.05, 4.69) is 4.90 Å². The molecule has 1 saturated carbocycles. The van der Waals surface area contributed by atoms with Crippen LogP contribution in [0.1, 0.15) is 38.5 Å². The molecule has 2 atom stereocenters. The van der Waals surface area contributed by atoms with Gasteiger partial charge in [-0.1, -0.05) is 0 Å². The molecule has 0 spiro atoms. The zero-order valence-corrected chi connectivity index (χ0v) is 10.6. The van der Waals surface area contributed by atoms with E-state index >= 15 is 0 Å². The summed E-state index contributed by atoms with van der Waals surface area (Å²) in [5.74, 6) is 0.305. The molecule has 2 aliphatic heterocycles. The van der Waals surface area contributed by atoms with Crippen LogP contribution in [0.3, 0.4) is 0 Å². The maximum atomic E-state index is 12.1. The van der Waals surface area contributed by atoms with Gasteiger partial charge in [-0.15, -0.1) is 0 Å². The van der Waals surface area contributed by atoms with E-state index in [0.717, 1.165) is 12.8 Å². The van der Waals surface area contributed by atoms with Gasteiger partial charge in [0.2, 0.25) is 5.91 Å². The van der Waals surface area contributed by atoms with Gasteiger partial charge < -0.3 is 10.6 Å². The van der Waals surface area contributed by atoms with Gasteiger partial charge in [-0.2, -0.15) is 0 Å². The molecule has 4 nitrogen and oxygen atoms in total. The number of amides is 1. The molecule has 2 bridgehead atoms. The second kappa shape index (κ2) is 4.25. The van der Waals surface area contributed by atoms with E-state index in [0.29, 0.717) is 36.6 Å². The number of rotatable bonds is 3. The fourth-order valence-electron chi connectivity index (χ4n) is 3.51. The van der Waals surface area contributed by atoms with Crippen molar-refractivity contribution in [2.24, 2.45) is 5.73 Å². The van der Waals surface area contributed by atoms with E-state index < -0.39 is 0 Å². The van der Waals surface area contributed by atoms with Crippen LogP contribution in [-0.4, -0.2) is 53.5 Å². The van der Waals surface area contributed by atoms with Crippen molar-refractivity contribution in [3.63, 3.8) is 0 Å². The third kappa shape index (κ3) is 2.20. The van der Waals surface area contributed by atoms with Crippen LogP contribution in [0, 0.1) is 0 Å². The van der Waals surface area contributed by atoms with Gasteiger partial charge in [0.05, 0.1) is 6.54 Å². The van der Waals surface area contributed by atoms with Crippen LogP contribution in [0.25, 0.3) is 0 Å².